The fraction of sp³-hybridized carbons (Fsp3) is 0.154. The third-order valence-corrected chi connectivity index (χ3v) is 4.90. The maximum atomic E-state index is 12.8. The molecule has 2 amide bonds. The summed E-state index contributed by atoms with van der Waals surface area (Å²) < 4.78 is 5.14. The lowest BCUT2D eigenvalue weighted by Gasteiger charge is -2.17. The Kier molecular flexibility index (Phi) is 7.70. The molecule has 3 aromatic carbocycles. The van der Waals surface area contributed by atoms with Crippen molar-refractivity contribution < 1.29 is 23.9 Å². The molecule has 0 unspecified atom stereocenters. The predicted molar refractivity (Wildman–Crippen MR) is 124 cm³/mol. The highest BCUT2D eigenvalue weighted by Crippen LogP contribution is 2.16. The van der Waals surface area contributed by atoms with Crippen molar-refractivity contribution in [1.82, 2.24) is 4.90 Å². The van der Waals surface area contributed by atoms with Gasteiger partial charge in [0, 0.05) is 23.9 Å². The Balaban J connectivity index is 1.57. The summed E-state index contributed by atoms with van der Waals surface area (Å²) in [6, 6.07) is 22.1. The number of carbonyl (C=O) groups excluding carboxylic acids is 4. The number of anilines is 1. The second kappa shape index (κ2) is 10.9. The highest BCUT2D eigenvalue weighted by atomic mass is 16.5. The van der Waals surface area contributed by atoms with Crippen LogP contribution in [0.5, 0.6) is 0 Å². The van der Waals surface area contributed by atoms with Crippen molar-refractivity contribution >= 4 is 29.3 Å². The van der Waals surface area contributed by atoms with Gasteiger partial charge in [-0.15, -0.1) is 0 Å². The topological polar surface area (TPSA) is 92.8 Å². The van der Waals surface area contributed by atoms with Crippen molar-refractivity contribution in [2.24, 2.45) is 0 Å². The van der Waals surface area contributed by atoms with Crippen molar-refractivity contribution in [1.29, 1.82) is 0 Å². The largest absolute Gasteiger partial charge is 0.452 e. The van der Waals surface area contributed by atoms with Crippen LogP contribution in [0.4, 0.5) is 5.69 Å². The van der Waals surface area contributed by atoms with Crippen LogP contribution in [0.3, 0.4) is 0 Å². The van der Waals surface area contributed by atoms with Gasteiger partial charge in [0.05, 0.1) is 12.1 Å². The Hall–Kier alpha value is -4.26. The summed E-state index contributed by atoms with van der Waals surface area (Å²) in [5.74, 6) is -2.03. The number of esters is 1. The predicted octanol–water partition coefficient (Wildman–Crippen LogP) is 3.48. The molecule has 0 heterocycles. The molecule has 168 valence electrons. The molecule has 7 nitrogen and oxygen atoms in total. The van der Waals surface area contributed by atoms with Gasteiger partial charge in [0.2, 0.25) is 5.91 Å². The Morgan fingerprint density at radius 3 is 2.09 bits per heavy atom. The molecule has 0 aliphatic rings. The van der Waals surface area contributed by atoms with E-state index < -0.39 is 18.5 Å². The maximum absolute atomic E-state index is 12.8. The first-order chi connectivity index (χ1) is 15.8. The van der Waals surface area contributed by atoms with Crippen LogP contribution >= 0.6 is 0 Å². The second-order valence-corrected chi connectivity index (χ2v) is 7.48. The molecule has 0 atom stereocenters. The average Bonchev–Trinajstić information content (AvgIpc) is 2.83. The van der Waals surface area contributed by atoms with E-state index in [9.17, 15) is 19.2 Å². The molecule has 0 spiro atoms. The van der Waals surface area contributed by atoms with Crippen LogP contribution in [0.2, 0.25) is 0 Å². The minimum Gasteiger partial charge on any atom is -0.452 e. The Labute approximate surface area is 192 Å². The summed E-state index contributed by atoms with van der Waals surface area (Å²) in [7, 11) is 1.44. The molecule has 1 N–H and O–H groups in total. The minimum absolute atomic E-state index is 0.0684. The van der Waals surface area contributed by atoms with Crippen LogP contribution in [-0.4, -0.2) is 48.7 Å². The summed E-state index contributed by atoms with van der Waals surface area (Å²) in [6.45, 7) is 1.18. The third kappa shape index (κ3) is 6.36. The number of aryl methyl sites for hydroxylation is 1. The summed E-state index contributed by atoms with van der Waals surface area (Å²) in [5, 5.41) is 2.70. The summed E-state index contributed by atoms with van der Waals surface area (Å²) in [6.07, 6.45) is 0. The molecule has 3 aromatic rings. The van der Waals surface area contributed by atoms with E-state index in [-0.39, 0.29) is 29.4 Å². The van der Waals surface area contributed by atoms with Crippen molar-refractivity contribution in [3.05, 3.63) is 101 Å². The van der Waals surface area contributed by atoms with Gasteiger partial charge in [0.25, 0.3) is 5.91 Å². The van der Waals surface area contributed by atoms with E-state index in [2.05, 4.69) is 5.32 Å². The molecule has 0 aromatic heterocycles. The highest BCUT2D eigenvalue weighted by molar-refractivity contribution is 6.14. The molecule has 0 saturated heterocycles. The molecule has 0 bridgehead atoms. The van der Waals surface area contributed by atoms with Crippen LogP contribution in [0.25, 0.3) is 0 Å². The number of ketones is 1. The number of likely N-dealkylation sites (N-methyl/N-ethyl adjacent to an activating group) is 1. The Morgan fingerprint density at radius 1 is 0.818 bits per heavy atom. The standard InChI is InChI=1S/C26H24N2O5/c1-18-12-14-20(15-13-18)27-23(29)16-28(2)24(30)17-33-26(32)22-11-7-6-10-21(22)25(31)19-8-4-3-5-9-19/h3-15H,16-17H2,1-2H3,(H,27,29). The molecule has 0 saturated carbocycles. The van der Waals surface area contributed by atoms with Gasteiger partial charge in [0.1, 0.15) is 0 Å². The first kappa shape index (κ1) is 23.4. The Bertz CT molecular complexity index is 1160. The Morgan fingerprint density at radius 2 is 1.42 bits per heavy atom. The number of nitrogens with zero attached hydrogens (tertiary/aromatic N) is 1. The van der Waals surface area contributed by atoms with Crippen LogP contribution in [-0.2, 0) is 14.3 Å². The summed E-state index contributed by atoms with van der Waals surface area (Å²) >= 11 is 0. The number of nitrogens with one attached hydrogen (secondary N) is 1. The van der Waals surface area contributed by atoms with Gasteiger partial charge in [-0.1, -0.05) is 66.2 Å². The van der Waals surface area contributed by atoms with E-state index >= 15 is 0 Å². The first-order valence-corrected chi connectivity index (χ1v) is 10.3. The molecular formula is C26H24N2O5. The number of hydrogen-bond donors (Lipinski definition) is 1. The average molecular weight is 444 g/mol. The van der Waals surface area contributed by atoms with Gasteiger partial charge >= 0.3 is 5.97 Å². The van der Waals surface area contributed by atoms with Crippen molar-refractivity contribution in [2.75, 3.05) is 25.5 Å². The minimum atomic E-state index is -0.791. The van der Waals surface area contributed by atoms with E-state index in [4.69, 9.17) is 4.74 Å². The molecule has 7 heteroatoms. The smallest absolute Gasteiger partial charge is 0.339 e. The number of carbonyl (C=O) groups is 4. The lowest BCUT2D eigenvalue weighted by Crippen LogP contribution is -2.37. The molecule has 0 radical (unpaired) electrons. The van der Waals surface area contributed by atoms with Crippen molar-refractivity contribution in [2.45, 2.75) is 6.92 Å². The van der Waals surface area contributed by atoms with Gasteiger partial charge < -0.3 is 15.0 Å². The molecule has 0 aliphatic carbocycles. The van der Waals surface area contributed by atoms with Gasteiger partial charge in [0.15, 0.2) is 12.4 Å². The molecule has 3 rings (SSSR count). The molecule has 0 fully saturated rings. The van der Waals surface area contributed by atoms with Crippen LogP contribution in [0, 0.1) is 6.92 Å². The molecule has 33 heavy (non-hydrogen) atoms. The maximum Gasteiger partial charge on any atom is 0.339 e. The quantitative estimate of drug-likeness (QED) is 0.424. The zero-order valence-corrected chi connectivity index (χ0v) is 18.4. The van der Waals surface area contributed by atoms with Gasteiger partial charge in [-0.05, 0) is 25.1 Å². The number of rotatable bonds is 8. The van der Waals surface area contributed by atoms with Gasteiger partial charge in [-0.2, -0.15) is 0 Å². The van der Waals surface area contributed by atoms with Crippen LogP contribution in [0.15, 0.2) is 78.9 Å². The van der Waals surface area contributed by atoms with E-state index in [0.717, 1.165) is 10.5 Å². The van der Waals surface area contributed by atoms with Crippen molar-refractivity contribution in [3.8, 4) is 0 Å². The van der Waals surface area contributed by atoms with Crippen LogP contribution in [0.1, 0.15) is 31.8 Å². The van der Waals surface area contributed by atoms with E-state index in [1.807, 2.05) is 19.1 Å². The lowest BCUT2D eigenvalue weighted by molar-refractivity contribution is -0.136. The zero-order chi connectivity index (χ0) is 23.8. The SMILES string of the molecule is Cc1ccc(NC(=O)CN(C)C(=O)COC(=O)c2ccccc2C(=O)c2ccccc2)cc1. The molecular weight excluding hydrogens is 420 g/mol. The first-order valence-electron chi connectivity index (χ1n) is 10.3. The number of benzene rings is 3. The number of ether oxygens (including phenoxy) is 1. The second-order valence-electron chi connectivity index (χ2n) is 7.48. The monoisotopic (exact) mass is 444 g/mol. The molecule has 0 aliphatic heterocycles. The van der Waals surface area contributed by atoms with Gasteiger partial charge in [-0.25, -0.2) is 4.79 Å². The third-order valence-electron chi connectivity index (χ3n) is 4.90. The number of amides is 2. The van der Waals surface area contributed by atoms with Crippen LogP contribution < -0.4 is 5.32 Å². The highest BCUT2D eigenvalue weighted by Gasteiger charge is 2.21. The van der Waals surface area contributed by atoms with E-state index in [0.29, 0.717) is 11.3 Å². The summed E-state index contributed by atoms with van der Waals surface area (Å²) in [5.41, 5.74) is 2.38. The van der Waals surface area contributed by atoms with Crippen molar-refractivity contribution in [3.63, 3.8) is 0 Å². The fourth-order valence-electron chi connectivity index (χ4n) is 3.06. The summed E-state index contributed by atoms with van der Waals surface area (Å²) in [4.78, 5) is 51.1. The fourth-order valence-corrected chi connectivity index (χ4v) is 3.06. The zero-order valence-electron chi connectivity index (χ0n) is 18.4. The number of hydrogen-bond acceptors (Lipinski definition) is 5. The van der Waals surface area contributed by atoms with E-state index in [1.165, 1.54) is 19.2 Å². The van der Waals surface area contributed by atoms with E-state index in [1.54, 1.807) is 54.6 Å². The lowest BCUT2D eigenvalue weighted by atomic mass is 9.98. The van der Waals surface area contributed by atoms with Gasteiger partial charge in [-0.3, -0.25) is 14.4 Å². The normalized spacial score (nSPS) is 10.2.